The highest BCUT2D eigenvalue weighted by molar-refractivity contribution is 5.89. The molecular weight excluding hydrogens is 318 g/mol. The first kappa shape index (κ1) is 17.9. The van der Waals surface area contributed by atoms with Gasteiger partial charge in [0.05, 0.1) is 12.2 Å². The molecule has 3 heterocycles. The average Bonchev–Trinajstić information content (AvgIpc) is 3.23. The molecular formula is C18H29N5O2. The maximum Gasteiger partial charge on any atom is 0.227 e. The van der Waals surface area contributed by atoms with Gasteiger partial charge in [-0.3, -0.25) is 9.59 Å². The average molecular weight is 347 g/mol. The Morgan fingerprint density at radius 3 is 2.72 bits per heavy atom. The van der Waals surface area contributed by atoms with E-state index >= 15 is 0 Å². The topological polar surface area (TPSA) is 61.7 Å². The molecule has 0 aromatic carbocycles. The van der Waals surface area contributed by atoms with Crippen LogP contribution in [0.15, 0.2) is 18.7 Å². The first-order valence-electron chi connectivity index (χ1n) is 9.20. The zero-order valence-electron chi connectivity index (χ0n) is 15.3. The highest BCUT2D eigenvalue weighted by Gasteiger charge is 2.37. The summed E-state index contributed by atoms with van der Waals surface area (Å²) in [5.74, 6) is 0.733. The molecule has 0 saturated carbocycles. The molecule has 0 bridgehead atoms. The van der Waals surface area contributed by atoms with Gasteiger partial charge in [-0.05, 0) is 32.9 Å². The third-order valence-electron chi connectivity index (χ3n) is 5.34. The van der Waals surface area contributed by atoms with Crippen LogP contribution in [-0.4, -0.2) is 82.9 Å². The number of amides is 2. The van der Waals surface area contributed by atoms with Crippen LogP contribution in [0, 0.1) is 11.8 Å². The van der Waals surface area contributed by atoms with E-state index < -0.39 is 0 Å². The number of aromatic nitrogens is 2. The third-order valence-corrected chi connectivity index (χ3v) is 5.34. The minimum atomic E-state index is -0.153. The first-order chi connectivity index (χ1) is 12.0. The second-order valence-electron chi connectivity index (χ2n) is 7.57. The highest BCUT2D eigenvalue weighted by Crippen LogP contribution is 2.24. The molecule has 7 nitrogen and oxygen atoms in total. The summed E-state index contributed by atoms with van der Waals surface area (Å²) in [6.07, 6.45) is 8.07. The van der Waals surface area contributed by atoms with Gasteiger partial charge in [-0.25, -0.2) is 4.98 Å². The van der Waals surface area contributed by atoms with Crippen LogP contribution < -0.4 is 0 Å². The SMILES string of the molecule is CN(C)CCN1C[C@@H](C(=O)N2CCC(Cn3ccnc3)CC2)CC1=O. The van der Waals surface area contributed by atoms with E-state index in [4.69, 9.17) is 0 Å². The Labute approximate surface area is 149 Å². The number of piperidine rings is 1. The molecule has 0 radical (unpaired) electrons. The monoisotopic (exact) mass is 347 g/mol. The molecule has 2 aliphatic heterocycles. The normalized spacial score (nSPS) is 22.2. The van der Waals surface area contributed by atoms with E-state index in [1.165, 1.54) is 0 Å². The van der Waals surface area contributed by atoms with E-state index in [0.29, 0.717) is 25.4 Å². The zero-order chi connectivity index (χ0) is 17.8. The number of imidazole rings is 1. The molecule has 7 heteroatoms. The third kappa shape index (κ3) is 4.60. The maximum absolute atomic E-state index is 12.8. The van der Waals surface area contributed by atoms with Crippen molar-refractivity contribution in [3.63, 3.8) is 0 Å². The number of rotatable bonds is 6. The highest BCUT2D eigenvalue weighted by atomic mass is 16.2. The van der Waals surface area contributed by atoms with Gasteiger partial charge < -0.3 is 19.3 Å². The van der Waals surface area contributed by atoms with E-state index in [1.54, 1.807) is 6.20 Å². The lowest BCUT2D eigenvalue weighted by Gasteiger charge is -2.33. The summed E-state index contributed by atoms with van der Waals surface area (Å²) < 4.78 is 2.11. The van der Waals surface area contributed by atoms with Crippen LogP contribution in [0.4, 0.5) is 0 Å². The first-order valence-corrected chi connectivity index (χ1v) is 9.20. The Morgan fingerprint density at radius 1 is 1.32 bits per heavy atom. The molecule has 2 amide bonds. The molecule has 2 saturated heterocycles. The van der Waals surface area contributed by atoms with Gasteiger partial charge in [-0.2, -0.15) is 0 Å². The second kappa shape index (κ2) is 7.99. The summed E-state index contributed by atoms with van der Waals surface area (Å²) in [5, 5.41) is 0. The minimum Gasteiger partial charge on any atom is -0.342 e. The number of hydrogen-bond donors (Lipinski definition) is 0. The molecule has 3 rings (SSSR count). The molecule has 138 valence electrons. The fourth-order valence-electron chi connectivity index (χ4n) is 3.76. The summed E-state index contributed by atoms with van der Waals surface area (Å²) >= 11 is 0. The van der Waals surface area contributed by atoms with Crippen LogP contribution in [0.5, 0.6) is 0 Å². The van der Waals surface area contributed by atoms with E-state index in [9.17, 15) is 9.59 Å². The zero-order valence-corrected chi connectivity index (χ0v) is 15.3. The molecule has 0 unspecified atom stereocenters. The van der Waals surface area contributed by atoms with Gasteiger partial charge in [0.1, 0.15) is 0 Å². The summed E-state index contributed by atoms with van der Waals surface area (Å²) in [6.45, 7) is 4.72. The van der Waals surface area contributed by atoms with Crippen LogP contribution in [0.3, 0.4) is 0 Å². The standard InChI is InChI=1S/C18H29N5O2/c1-20(2)9-10-23-13-16(11-17(23)24)18(25)22-6-3-15(4-7-22)12-21-8-5-19-14-21/h5,8,14-16H,3-4,6-7,9-13H2,1-2H3/t16-/m0/s1. The lowest BCUT2D eigenvalue weighted by Crippen LogP contribution is -2.43. The van der Waals surface area contributed by atoms with Gasteiger partial charge in [0.2, 0.25) is 11.8 Å². The smallest absolute Gasteiger partial charge is 0.227 e. The van der Waals surface area contributed by atoms with Gasteiger partial charge in [0.15, 0.2) is 0 Å². The molecule has 0 aliphatic carbocycles. The van der Waals surface area contributed by atoms with Crippen molar-refractivity contribution in [2.75, 3.05) is 46.8 Å². The van der Waals surface area contributed by atoms with Crippen molar-refractivity contribution in [2.24, 2.45) is 11.8 Å². The summed E-state index contributed by atoms with van der Waals surface area (Å²) in [4.78, 5) is 34.9. The molecule has 0 N–H and O–H groups in total. The Kier molecular flexibility index (Phi) is 5.73. The van der Waals surface area contributed by atoms with Crippen molar-refractivity contribution < 1.29 is 9.59 Å². The minimum absolute atomic E-state index is 0.121. The lowest BCUT2D eigenvalue weighted by molar-refractivity contribution is -0.137. The second-order valence-corrected chi connectivity index (χ2v) is 7.57. The van der Waals surface area contributed by atoms with Crippen molar-refractivity contribution in [1.29, 1.82) is 0 Å². The number of likely N-dealkylation sites (N-methyl/N-ethyl adjacent to an activating group) is 1. The lowest BCUT2D eigenvalue weighted by atomic mass is 9.95. The number of carbonyl (C=O) groups is 2. The molecule has 2 fully saturated rings. The Morgan fingerprint density at radius 2 is 2.08 bits per heavy atom. The van der Waals surface area contributed by atoms with Crippen molar-refractivity contribution in [3.05, 3.63) is 18.7 Å². The number of hydrogen-bond acceptors (Lipinski definition) is 4. The predicted molar refractivity (Wildman–Crippen MR) is 94.8 cm³/mol. The van der Waals surface area contributed by atoms with E-state index in [-0.39, 0.29) is 17.7 Å². The van der Waals surface area contributed by atoms with Crippen LogP contribution in [0.25, 0.3) is 0 Å². The van der Waals surface area contributed by atoms with Crippen molar-refractivity contribution in [3.8, 4) is 0 Å². The van der Waals surface area contributed by atoms with Gasteiger partial charge in [0.25, 0.3) is 0 Å². The van der Waals surface area contributed by atoms with Gasteiger partial charge in [-0.15, -0.1) is 0 Å². The van der Waals surface area contributed by atoms with Crippen LogP contribution >= 0.6 is 0 Å². The molecule has 1 atom stereocenters. The number of likely N-dealkylation sites (tertiary alicyclic amines) is 2. The fourth-order valence-corrected chi connectivity index (χ4v) is 3.76. The summed E-state index contributed by atoms with van der Waals surface area (Å²) in [6, 6.07) is 0. The molecule has 1 aromatic rings. The predicted octanol–water partition coefficient (Wildman–Crippen LogP) is 0.532. The van der Waals surface area contributed by atoms with Gasteiger partial charge >= 0.3 is 0 Å². The number of nitrogens with zero attached hydrogens (tertiary/aromatic N) is 5. The van der Waals surface area contributed by atoms with E-state index in [1.807, 2.05) is 36.4 Å². The van der Waals surface area contributed by atoms with Crippen LogP contribution in [0.2, 0.25) is 0 Å². The largest absolute Gasteiger partial charge is 0.342 e. The van der Waals surface area contributed by atoms with Crippen molar-refractivity contribution >= 4 is 11.8 Å². The molecule has 2 aliphatic rings. The van der Waals surface area contributed by atoms with Gasteiger partial charge in [-0.1, -0.05) is 0 Å². The quantitative estimate of drug-likeness (QED) is 0.753. The maximum atomic E-state index is 12.8. The molecule has 0 spiro atoms. The van der Waals surface area contributed by atoms with Crippen LogP contribution in [0.1, 0.15) is 19.3 Å². The Bertz CT molecular complexity index is 578. The number of carbonyl (C=O) groups excluding carboxylic acids is 2. The van der Waals surface area contributed by atoms with Crippen molar-refractivity contribution in [1.82, 2.24) is 24.3 Å². The van der Waals surface area contributed by atoms with Crippen molar-refractivity contribution in [2.45, 2.75) is 25.8 Å². The Hall–Kier alpha value is -1.89. The summed E-state index contributed by atoms with van der Waals surface area (Å²) in [5.41, 5.74) is 0. The molecule has 25 heavy (non-hydrogen) atoms. The Balaban J connectivity index is 1.45. The fraction of sp³-hybridized carbons (Fsp3) is 0.722. The summed E-state index contributed by atoms with van der Waals surface area (Å²) in [7, 11) is 3.99. The van der Waals surface area contributed by atoms with Crippen LogP contribution in [-0.2, 0) is 16.1 Å². The van der Waals surface area contributed by atoms with E-state index in [2.05, 4.69) is 14.5 Å². The van der Waals surface area contributed by atoms with E-state index in [0.717, 1.165) is 39.0 Å². The molecule has 1 aromatic heterocycles. The van der Waals surface area contributed by atoms with Gasteiger partial charge in [0, 0.05) is 58.1 Å².